The fourth-order valence-corrected chi connectivity index (χ4v) is 1.93. The number of ether oxygens (including phenoxy) is 1. The molecule has 1 atom stereocenters. The summed E-state index contributed by atoms with van der Waals surface area (Å²) in [5.74, 6) is -0.833. The van der Waals surface area contributed by atoms with Crippen LogP contribution >= 0.6 is 0 Å². The lowest BCUT2D eigenvalue weighted by molar-refractivity contribution is 0.414. The van der Waals surface area contributed by atoms with Crippen LogP contribution in [0, 0.1) is 11.6 Å². The zero-order chi connectivity index (χ0) is 14.5. The fraction of sp³-hybridized carbons (Fsp3) is 0.250. The second-order valence-electron chi connectivity index (χ2n) is 4.62. The van der Waals surface area contributed by atoms with Crippen molar-refractivity contribution >= 4 is 0 Å². The molecule has 0 saturated heterocycles. The summed E-state index contributed by atoms with van der Waals surface area (Å²) >= 11 is 0. The molecule has 0 bridgehead atoms. The molecule has 2 rings (SSSR count). The lowest BCUT2D eigenvalue weighted by Gasteiger charge is -2.15. The van der Waals surface area contributed by atoms with E-state index in [1.807, 2.05) is 31.2 Å². The van der Waals surface area contributed by atoms with Crippen molar-refractivity contribution in [2.24, 2.45) is 0 Å². The van der Waals surface area contributed by atoms with E-state index in [0.29, 0.717) is 12.1 Å². The van der Waals surface area contributed by atoms with Gasteiger partial charge in [0.2, 0.25) is 0 Å². The third-order valence-corrected chi connectivity index (χ3v) is 3.21. The molecule has 0 aromatic heterocycles. The monoisotopic (exact) mass is 277 g/mol. The van der Waals surface area contributed by atoms with Gasteiger partial charge >= 0.3 is 0 Å². The first-order chi connectivity index (χ1) is 9.60. The highest BCUT2D eigenvalue weighted by atomic mass is 19.2. The Labute approximate surface area is 117 Å². The van der Waals surface area contributed by atoms with Crippen molar-refractivity contribution in [3.8, 4) is 5.75 Å². The zero-order valence-corrected chi connectivity index (χ0v) is 11.5. The van der Waals surface area contributed by atoms with Gasteiger partial charge in [0.05, 0.1) is 7.11 Å². The summed E-state index contributed by atoms with van der Waals surface area (Å²) in [5.41, 5.74) is 1.82. The van der Waals surface area contributed by atoms with Crippen LogP contribution in [0.15, 0.2) is 42.5 Å². The molecule has 0 aliphatic rings. The Morgan fingerprint density at radius 3 is 2.35 bits per heavy atom. The molecule has 106 valence electrons. The van der Waals surface area contributed by atoms with E-state index in [4.69, 9.17) is 4.74 Å². The maximum Gasteiger partial charge on any atom is 0.159 e. The number of halogens is 2. The van der Waals surface area contributed by atoms with Crippen LogP contribution in [0.2, 0.25) is 0 Å². The Balaban J connectivity index is 1.96. The molecule has 20 heavy (non-hydrogen) atoms. The summed E-state index contributed by atoms with van der Waals surface area (Å²) in [7, 11) is 1.62. The zero-order valence-electron chi connectivity index (χ0n) is 11.5. The van der Waals surface area contributed by atoms with Crippen molar-refractivity contribution in [3.05, 3.63) is 65.2 Å². The SMILES string of the molecule is COc1ccc([C@H](C)NCc2ccc(F)c(F)c2)cc1. The summed E-state index contributed by atoms with van der Waals surface area (Å²) in [6.45, 7) is 2.49. The van der Waals surface area contributed by atoms with Crippen molar-refractivity contribution in [1.82, 2.24) is 5.32 Å². The van der Waals surface area contributed by atoms with Crippen LogP contribution in [-0.4, -0.2) is 7.11 Å². The molecule has 2 nitrogen and oxygen atoms in total. The summed E-state index contributed by atoms with van der Waals surface area (Å²) < 4.78 is 31.0. The Morgan fingerprint density at radius 1 is 1.05 bits per heavy atom. The number of rotatable bonds is 5. The van der Waals surface area contributed by atoms with Crippen LogP contribution in [-0.2, 0) is 6.54 Å². The number of benzene rings is 2. The van der Waals surface area contributed by atoms with E-state index in [-0.39, 0.29) is 6.04 Å². The van der Waals surface area contributed by atoms with E-state index < -0.39 is 11.6 Å². The van der Waals surface area contributed by atoms with Crippen LogP contribution in [0.4, 0.5) is 8.78 Å². The van der Waals surface area contributed by atoms with Crippen molar-refractivity contribution in [3.63, 3.8) is 0 Å². The van der Waals surface area contributed by atoms with Crippen molar-refractivity contribution in [2.45, 2.75) is 19.5 Å². The van der Waals surface area contributed by atoms with Crippen LogP contribution in [0.25, 0.3) is 0 Å². The highest BCUT2D eigenvalue weighted by Gasteiger charge is 2.07. The molecule has 0 amide bonds. The van der Waals surface area contributed by atoms with Gasteiger partial charge in [-0.1, -0.05) is 18.2 Å². The molecule has 4 heteroatoms. The minimum absolute atomic E-state index is 0.106. The molecule has 0 saturated carbocycles. The van der Waals surface area contributed by atoms with Crippen LogP contribution in [0.1, 0.15) is 24.1 Å². The van der Waals surface area contributed by atoms with Gasteiger partial charge in [-0.25, -0.2) is 8.78 Å². The topological polar surface area (TPSA) is 21.3 Å². The molecule has 2 aromatic rings. The number of nitrogens with one attached hydrogen (secondary N) is 1. The fourth-order valence-electron chi connectivity index (χ4n) is 1.93. The number of hydrogen-bond donors (Lipinski definition) is 1. The van der Waals surface area contributed by atoms with Crippen molar-refractivity contribution in [2.75, 3.05) is 7.11 Å². The Hall–Kier alpha value is -1.94. The lowest BCUT2D eigenvalue weighted by atomic mass is 10.1. The molecule has 0 aliphatic heterocycles. The van der Waals surface area contributed by atoms with E-state index in [9.17, 15) is 8.78 Å². The minimum atomic E-state index is -0.822. The summed E-state index contributed by atoms with van der Waals surface area (Å²) in [4.78, 5) is 0. The average Bonchev–Trinajstić information content (AvgIpc) is 2.48. The van der Waals surface area contributed by atoms with E-state index >= 15 is 0 Å². The average molecular weight is 277 g/mol. The van der Waals surface area contributed by atoms with Crippen molar-refractivity contribution < 1.29 is 13.5 Å². The normalized spacial score (nSPS) is 12.2. The quantitative estimate of drug-likeness (QED) is 0.897. The van der Waals surface area contributed by atoms with E-state index in [1.165, 1.54) is 6.07 Å². The van der Waals surface area contributed by atoms with E-state index in [2.05, 4.69) is 5.32 Å². The third-order valence-electron chi connectivity index (χ3n) is 3.21. The van der Waals surface area contributed by atoms with Crippen LogP contribution < -0.4 is 10.1 Å². The molecule has 0 fully saturated rings. The molecule has 0 spiro atoms. The lowest BCUT2D eigenvalue weighted by Crippen LogP contribution is -2.18. The summed E-state index contributed by atoms with van der Waals surface area (Å²) in [6.07, 6.45) is 0. The highest BCUT2D eigenvalue weighted by Crippen LogP contribution is 2.18. The second kappa shape index (κ2) is 6.48. The molecular weight excluding hydrogens is 260 g/mol. The molecule has 0 heterocycles. The first kappa shape index (κ1) is 14.5. The predicted octanol–water partition coefficient (Wildman–Crippen LogP) is 3.82. The van der Waals surface area contributed by atoms with Gasteiger partial charge in [-0.05, 0) is 42.3 Å². The Morgan fingerprint density at radius 2 is 1.75 bits per heavy atom. The second-order valence-corrected chi connectivity index (χ2v) is 4.62. The van der Waals surface area contributed by atoms with Crippen molar-refractivity contribution in [1.29, 1.82) is 0 Å². The first-order valence-corrected chi connectivity index (χ1v) is 6.41. The standard InChI is InChI=1S/C16H17F2NO/c1-11(13-4-6-14(20-2)7-5-13)19-10-12-3-8-15(17)16(18)9-12/h3-9,11,19H,10H2,1-2H3/t11-/m0/s1. The van der Waals surface area contributed by atoms with Gasteiger partial charge in [-0.15, -0.1) is 0 Å². The largest absolute Gasteiger partial charge is 0.497 e. The van der Waals surface area contributed by atoms with Crippen LogP contribution in [0.3, 0.4) is 0 Å². The molecule has 2 aromatic carbocycles. The highest BCUT2D eigenvalue weighted by molar-refractivity contribution is 5.29. The summed E-state index contributed by atoms with van der Waals surface area (Å²) in [6, 6.07) is 11.8. The summed E-state index contributed by atoms with van der Waals surface area (Å²) in [5, 5.41) is 3.27. The van der Waals surface area contributed by atoms with Crippen LogP contribution in [0.5, 0.6) is 5.75 Å². The Kier molecular flexibility index (Phi) is 4.69. The molecule has 0 unspecified atom stereocenters. The van der Waals surface area contributed by atoms with E-state index in [1.54, 1.807) is 13.2 Å². The van der Waals surface area contributed by atoms with Gasteiger partial charge in [0.25, 0.3) is 0 Å². The maximum absolute atomic E-state index is 13.1. The third kappa shape index (κ3) is 3.54. The number of methoxy groups -OCH3 is 1. The first-order valence-electron chi connectivity index (χ1n) is 6.41. The van der Waals surface area contributed by atoms with Gasteiger partial charge < -0.3 is 10.1 Å². The smallest absolute Gasteiger partial charge is 0.159 e. The predicted molar refractivity (Wildman–Crippen MR) is 74.6 cm³/mol. The van der Waals surface area contributed by atoms with Gasteiger partial charge in [0.15, 0.2) is 11.6 Å². The van der Waals surface area contributed by atoms with Gasteiger partial charge in [0.1, 0.15) is 5.75 Å². The molecular formula is C16H17F2NO. The van der Waals surface area contributed by atoms with Gasteiger partial charge in [0, 0.05) is 12.6 Å². The molecule has 0 radical (unpaired) electrons. The number of hydrogen-bond acceptors (Lipinski definition) is 2. The molecule has 1 N–H and O–H groups in total. The Bertz CT molecular complexity index is 569. The van der Waals surface area contributed by atoms with Gasteiger partial charge in [-0.2, -0.15) is 0 Å². The maximum atomic E-state index is 13.1. The molecule has 0 aliphatic carbocycles. The minimum Gasteiger partial charge on any atom is -0.497 e. The van der Waals surface area contributed by atoms with Gasteiger partial charge in [-0.3, -0.25) is 0 Å². The van der Waals surface area contributed by atoms with E-state index in [0.717, 1.165) is 17.4 Å².